The molecule has 0 aliphatic rings. The van der Waals surface area contributed by atoms with Crippen LogP contribution in [0.4, 0.5) is 0 Å². The van der Waals surface area contributed by atoms with Crippen molar-refractivity contribution in [2.75, 3.05) is 0 Å². The van der Waals surface area contributed by atoms with E-state index in [0.29, 0.717) is 0 Å². The molecule has 0 saturated heterocycles. The molecule has 0 unspecified atom stereocenters. The van der Waals surface area contributed by atoms with Gasteiger partial charge in [-0.25, -0.2) is 0 Å². The summed E-state index contributed by atoms with van der Waals surface area (Å²) in [5, 5.41) is 0. The van der Waals surface area contributed by atoms with Gasteiger partial charge in [-0.3, -0.25) is 0 Å². The standard InChI is InChI=1S/Ag.Cu.Ga.In.9HSe2/c;;;;9*1-2/h;;;;9*1H/q+1;+2;2*+3;9*-1. The third-order valence-corrected chi connectivity index (χ3v) is 0. The van der Waals surface area contributed by atoms with E-state index in [2.05, 4.69) is 246 Å². The molecule has 0 aromatic heterocycles. The summed E-state index contributed by atoms with van der Waals surface area (Å²) in [6.07, 6.45) is 0. The second kappa shape index (κ2) is 233. The number of hydrogen-bond acceptors (Lipinski definition) is 0. The monoisotopic (exact) mass is 1800 g/mol. The van der Waals surface area contributed by atoms with Gasteiger partial charge in [0.05, 0.1) is 0 Å². The minimum absolute atomic E-state index is 0. The van der Waals surface area contributed by atoms with E-state index in [9.17, 15) is 0 Å². The molecule has 0 saturated carbocycles. The zero-order valence-corrected chi connectivity index (χ0v) is 49.9. The Morgan fingerprint density at radius 2 is 0.318 bits per heavy atom. The van der Waals surface area contributed by atoms with Crippen molar-refractivity contribution in [3.05, 3.63) is 0 Å². The predicted molar refractivity (Wildman–Crippen MR) is 128 cm³/mol. The maximum atomic E-state index is 2.56. The van der Waals surface area contributed by atoms with E-state index in [0.717, 1.165) is 0 Å². The second-order valence-corrected chi connectivity index (χ2v) is 0. The summed E-state index contributed by atoms with van der Waals surface area (Å²) in [5.41, 5.74) is 0. The molecule has 0 aromatic carbocycles. The molecule has 0 spiro atoms. The summed E-state index contributed by atoms with van der Waals surface area (Å²) in [4.78, 5) is 0. The van der Waals surface area contributed by atoms with Crippen LogP contribution in [-0.2, 0) is 39.4 Å². The molecule has 0 heterocycles. The van der Waals surface area contributed by atoms with E-state index in [1.54, 1.807) is 0 Å². The van der Waals surface area contributed by atoms with Gasteiger partial charge < -0.3 is 0 Å². The van der Waals surface area contributed by atoms with Crippen LogP contribution in [0.5, 0.6) is 0 Å². The van der Waals surface area contributed by atoms with E-state index in [1.165, 1.54) is 0 Å². The van der Waals surface area contributed by atoms with Crippen LogP contribution in [0.1, 0.15) is 0 Å². The summed E-state index contributed by atoms with van der Waals surface area (Å²) in [6.45, 7) is 0. The van der Waals surface area contributed by atoms with Gasteiger partial charge in [-0.1, -0.05) is 0 Å². The quantitative estimate of drug-likeness (QED) is 0.212. The second-order valence-electron chi connectivity index (χ2n) is 0. The van der Waals surface area contributed by atoms with E-state index in [4.69, 9.17) is 0 Å². The van der Waals surface area contributed by atoms with Crippen molar-refractivity contribution in [3.63, 3.8) is 0 Å². The average Bonchev–Trinajstić information content (AvgIpc) is 2.63. The van der Waals surface area contributed by atoms with Gasteiger partial charge in [0.1, 0.15) is 0 Å². The van der Waals surface area contributed by atoms with Crippen molar-refractivity contribution in [3.8, 4) is 0 Å². The Labute approximate surface area is 321 Å². The van der Waals surface area contributed by atoms with Crippen LogP contribution in [-0.4, -0.2) is 291 Å². The molecule has 0 aliphatic carbocycles. The molecule has 0 N–H and O–H groups in total. The fourth-order valence-corrected chi connectivity index (χ4v) is 0. The Bertz CT molecular complexity index is 51.6. The summed E-state index contributed by atoms with van der Waals surface area (Å²) in [7, 11) is 0. The molecule has 0 aromatic rings. The summed E-state index contributed by atoms with van der Waals surface area (Å²) in [6, 6.07) is 0. The molecule has 0 fully saturated rings. The van der Waals surface area contributed by atoms with Gasteiger partial charge >= 0.3 is 331 Å². The van der Waals surface area contributed by atoms with Gasteiger partial charge in [-0.2, -0.15) is 0 Å². The third-order valence-electron chi connectivity index (χ3n) is 0. The molecular weight excluding hydrogens is 1780 g/mol. The summed E-state index contributed by atoms with van der Waals surface area (Å²) >= 11 is 42.8. The maximum absolute atomic E-state index is 2.56. The Kier molecular flexibility index (Phi) is 887. The first-order valence-electron chi connectivity index (χ1n) is 1.64. The van der Waals surface area contributed by atoms with Crippen molar-refractivity contribution in [1.29, 1.82) is 0 Å². The molecule has 0 bridgehead atoms. The first kappa shape index (κ1) is 83.9. The van der Waals surface area contributed by atoms with Crippen LogP contribution in [0.3, 0.4) is 0 Å². The van der Waals surface area contributed by atoms with Crippen molar-refractivity contribution in [2.24, 2.45) is 0 Å². The van der Waals surface area contributed by atoms with Crippen molar-refractivity contribution >= 4 is 291 Å². The molecule has 0 aliphatic heterocycles. The summed E-state index contributed by atoms with van der Waals surface area (Å²) in [5.74, 6) is 0. The summed E-state index contributed by atoms with van der Waals surface area (Å²) < 4.78 is 0. The minimum atomic E-state index is 0. The van der Waals surface area contributed by atoms with E-state index < -0.39 is 0 Å². The van der Waals surface area contributed by atoms with Crippen molar-refractivity contribution in [1.82, 2.24) is 0 Å². The van der Waals surface area contributed by atoms with Crippen LogP contribution in [0, 0.1) is 0 Å². The SMILES string of the molecule is [Ag+].[Cu+2].[Ga+3].[In+3].[Se]=[SeH-].[Se]=[SeH-].[Se]=[SeH-].[Se]=[SeH-].[Se]=[SeH-].[Se]=[SeH-].[Se]=[SeH-].[Se]=[SeH-].[Se]=[SeH-]. The predicted octanol–water partition coefficient (Wildman–Crippen LogP) is -10.0. The number of hydrogen-bond donors (Lipinski definition) is 0. The molecule has 0 amide bonds. The molecule has 1 radical (unpaired) electrons. The fraction of sp³-hybridized carbons (Fsp3) is 0. The molecular formula is H9AgCuGaInSe18. The molecule has 145 valence electrons. The van der Waals surface area contributed by atoms with Gasteiger partial charge in [0.2, 0.25) is 0 Å². The Morgan fingerprint density at radius 1 is 0.318 bits per heavy atom. The zero-order chi connectivity index (χ0) is 18.0. The third kappa shape index (κ3) is 212. The first-order valence-corrected chi connectivity index (χ1v) is 44.4. The zero-order valence-electron chi connectivity index (χ0n) is 9.46. The molecule has 22 heavy (non-hydrogen) atoms. The Hall–Kier alpha value is 12.1. The molecule has 22 heteroatoms. The van der Waals surface area contributed by atoms with Crippen molar-refractivity contribution in [2.45, 2.75) is 0 Å². The molecule has 0 nitrogen and oxygen atoms in total. The topological polar surface area (TPSA) is 0 Å². The van der Waals surface area contributed by atoms with Gasteiger partial charge in [0.15, 0.2) is 0 Å². The van der Waals surface area contributed by atoms with Gasteiger partial charge in [0, 0.05) is 0 Å². The van der Waals surface area contributed by atoms with Crippen LogP contribution < -0.4 is 0 Å². The van der Waals surface area contributed by atoms with Crippen molar-refractivity contribution < 1.29 is 39.4 Å². The molecule has 0 rings (SSSR count). The van der Waals surface area contributed by atoms with Gasteiger partial charge in [-0.15, -0.1) is 0 Å². The van der Waals surface area contributed by atoms with E-state index in [-0.39, 0.29) is 85.1 Å². The van der Waals surface area contributed by atoms with Gasteiger partial charge in [0.25, 0.3) is 0 Å². The van der Waals surface area contributed by atoms with E-state index in [1.807, 2.05) is 0 Å². The van der Waals surface area contributed by atoms with Crippen LogP contribution in [0.15, 0.2) is 0 Å². The first-order chi connectivity index (χ1) is 9.00. The molecule has 0 atom stereocenters. The number of rotatable bonds is 0. The van der Waals surface area contributed by atoms with Gasteiger partial charge in [-0.05, 0) is 0 Å². The van der Waals surface area contributed by atoms with Crippen LogP contribution in [0.25, 0.3) is 0 Å². The van der Waals surface area contributed by atoms with Crippen LogP contribution >= 0.6 is 0 Å². The van der Waals surface area contributed by atoms with Crippen LogP contribution in [0.2, 0.25) is 0 Å². The van der Waals surface area contributed by atoms with E-state index >= 15 is 0 Å². The fourth-order valence-electron chi connectivity index (χ4n) is 0. The normalized spacial score (nSPS) is 2.05. The average molecular weight is 1790 g/mol. The Morgan fingerprint density at radius 3 is 0.318 bits per heavy atom. The Balaban J connectivity index is -0.00000000368.